The van der Waals surface area contributed by atoms with Crippen molar-refractivity contribution < 1.29 is 9.32 Å². The van der Waals surface area contributed by atoms with E-state index in [-0.39, 0.29) is 12.1 Å². The lowest BCUT2D eigenvalue weighted by atomic mass is 10.1. The Balaban J connectivity index is 1.49. The molecule has 1 aliphatic rings. The van der Waals surface area contributed by atoms with Crippen molar-refractivity contribution in [1.82, 2.24) is 25.2 Å². The molecule has 7 nitrogen and oxygen atoms in total. The highest BCUT2D eigenvalue weighted by molar-refractivity contribution is 5.82. The molecule has 136 valence electrons. The Morgan fingerprint density at radius 3 is 3.00 bits per heavy atom. The lowest BCUT2D eigenvalue weighted by molar-refractivity contribution is 0.182. The summed E-state index contributed by atoms with van der Waals surface area (Å²) in [7, 11) is 0. The number of para-hydroxylation sites is 1. The SMILES string of the molecule is CCn1nc(CNC(=O)N2CCCC2c2cc(C)no2)c2ccccc21. The second-order valence-corrected chi connectivity index (χ2v) is 6.66. The number of urea groups is 1. The zero-order chi connectivity index (χ0) is 18.1. The van der Waals surface area contributed by atoms with Gasteiger partial charge in [0.05, 0.1) is 29.5 Å². The molecule has 0 bridgehead atoms. The number of amides is 2. The zero-order valence-corrected chi connectivity index (χ0v) is 15.1. The summed E-state index contributed by atoms with van der Waals surface area (Å²) in [5.74, 6) is 0.760. The molecule has 0 spiro atoms. The first-order valence-corrected chi connectivity index (χ1v) is 9.09. The molecule has 4 rings (SSSR count). The molecule has 1 fully saturated rings. The predicted molar refractivity (Wildman–Crippen MR) is 97.6 cm³/mol. The van der Waals surface area contributed by atoms with Gasteiger partial charge >= 0.3 is 6.03 Å². The maximum Gasteiger partial charge on any atom is 0.318 e. The molecule has 3 aromatic rings. The monoisotopic (exact) mass is 353 g/mol. The minimum Gasteiger partial charge on any atom is -0.359 e. The van der Waals surface area contributed by atoms with Crippen LogP contribution in [0.3, 0.4) is 0 Å². The van der Waals surface area contributed by atoms with Crippen LogP contribution in [0.2, 0.25) is 0 Å². The van der Waals surface area contributed by atoms with E-state index in [1.165, 1.54) is 0 Å². The van der Waals surface area contributed by atoms with E-state index in [9.17, 15) is 4.79 Å². The molecule has 0 saturated carbocycles. The van der Waals surface area contributed by atoms with Crippen molar-refractivity contribution in [2.45, 2.75) is 45.8 Å². The van der Waals surface area contributed by atoms with E-state index >= 15 is 0 Å². The van der Waals surface area contributed by atoms with Gasteiger partial charge in [0.15, 0.2) is 5.76 Å². The highest BCUT2D eigenvalue weighted by atomic mass is 16.5. The number of nitrogens with zero attached hydrogens (tertiary/aromatic N) is 4. The van der Waals surface area contributed by atoms with Crippen molar-refractivity contribution in [3.63, 3.8) is 0 Å². The van der Waals surface area contributed by atoms with Crippen LogP contribution >= 0.6 is 0 Å². The summed E-state index contributed by atoms with van der Waals surface area (Å²) in [6.45, 7) is 5.89. The topological polar surface area (TPSA) is 76.2 Å². The van der Waals surface area contributed by atoms with Crippen LogP contribution in [0, 0.1) is 6.92 Å². The first kappa shape index (κ1) is 16.6. The molecular weight excluding hydrogens is 330 g/mol. The number of nitrogens with one attached hydrogen (secondary N) is 1. The van der Waals surface area contributed by atoms with Crippen LogP contribution in [0.15, 0.2) is 34.9 Å². The van der Waals surface area contributed by atoms with Gasteiger partial charge in [-0.2, -0.15) is 5.10 Å². The Morgan fingerprint density at radius 1 is 1.38 bits per heavy atom. The molecule has 1 atom stereocenters. The van der Waals surface area contributed by atoms with Gasteiger partial charge in [0.2, 0.25) is 0 Å². The minimum absolute atomic E-state index is 0.0406. The van der Waals surface area contributed by atoms with Crippen molar-refractivity contribution in [2.75, 3.05) is 6.54 Å². The third-order valence-electron chi connectivity index (χ3n) is 4.93. The number of aryl methyl sites for hydroxylation is 2. The summed E-state index contributed by atoms with van der Waals surface area (Å²) in [5.41, 5.74) is 2.82. The van der Waals surface area contributed by atoms with Gasteiger partial charge < -0.3 is 14.7 Å². The third kappa shape index (κ3) is 2.94. The van der Waals surface area contributed by atoms with Crippen LogP contribution in [0.1, 0.15) is 43.0 Å². The number of aromatic nitrogens is 3. The average molecular weight is 353 g/mol. The van der Waals surface area contributed by atoms with E-state index in [1.54, 1.807) is 0 Å². The zero-order valence-electron chi connectivity index (χ0n) is 15.1. The molecule has 1 saturated heterocycles. The van der Waals surface area contributed by atoms with Crippen molar-refractivity contribution in [3.05, 3.63) is 47.5 Å². The predicted octanol–water partition coefficient (Wildman–Crippen LogP) is 3.40. The van der Waals surface area contributed by atoms with Gasteiger partial charge in [-0.15, -0.1) is 0 Å². The number of benzene rings is 1. The van der Waals surface area contributed by atoms with Gasteiger partial charge in [-0.1, -0.05) is 23.4 Å². The Hall–Kier alpha value is -2.83. The number of hydrogen-bond donors (Lipinski definition) is 1. The van der Waals surface area contributed by atoms with Crippen LogP contribution in [-0.2, 0) is 13.1 Å². The summed E-state index contributed by atoms with van der Waals surface area (Å²) in [6.07, 6.45) is 1.86. The minimum atomic E-state index is -0.0864. The number of likely N-dealkylation sites (tertiary alicyclic amines) is 1. The van der Waals surface area contributed by atoms with E-state index in [4.69, 9.17) is 4.52 Å². The van der Waals surface area contributed by atoms with E-state index in [2.05, 4.69) is 28.6 Å². The fraction of sp³-hybridized carbons (Fsp3) is 0.421. The fourth-order valence-corrected chi connectivity index (χ4v) is 3.67. The number of fused-ring (bicyclic) bond motifs is 1. The number of hydrogen-bond acceptors (Lipinski definition) is 4. The van der Waals surface area contributed by atoms with Crippen molar-refractivity contribution in [2.24, 2.45) is 0 Å². The molecule has 1 aromatic carbocycles. The fourth-order valence-electron chi connectivity index (χ4n) is 3.67. The Morgan fingerprint density at radius 2 is 2.23 bits per heavy atom. The summed E-state index contributed by atoms with van der Waals surface area (Å²) < 4.78 is 7.34. The Labute approximate surface area is 151 Å². The molecule has 1 aliphatic heterocycles. The molecule has 1 unspecified atom stereocenters. The molecule has 3 heterocycles. The van der Waals surface area contributed by atoms with Gasteiger partial charge in [-0.3, -0.25) is 4.68 Å². The van der Waals surface area contributed by atoms with Crippen LogP contribution in [0.25, 0.3) is 10.9 Å². The molecule has 7 heteroatoms. The summed E-state index contributed by atoms with van der Waals surface area (Å²) in [4.78, 5) is 14.6. The summed E-state index contributed by atoms with van der Waals surface area (Å²) in [6, 6.07) is 9.89. The van der Waals surface area contributed by atoms with Crippen LogP contribution in [0.5, 0.6) is 0 Å². The Bertz CT molecular complexity index is 929. The standard InChI is InChI=1S/C19H23N5O2/c1-3-24-16-8-5-4-7-14(16)15(21-24)12-20-19(25)23-10-6-9-17(23)18-11-13(2)22-26-18/h4-5,7-8,11,17H,3,6,9-10,12H2,1-2H3,(H,20,25). The number of rotatable bonds is 4. The van der Waals surface area contributed by atoms with E-state index in [0.29, 0.717) is 6.54 Å². The third-order valence-corrected chi connectivity index (χ3v) is 4.93. The van der Waals surface area contributed by atoms with Crippen LogP contribution in [0.4, 0.5) is 4.79 Å². The Kier molecular flexibility index (Phi) is 4.36. The quantitative estimate of drug-likeness (QED) is 0.780. The first-order valence-electron chi connectivity index (χ1n) is 9.09. The molecule has 26 heavy (non-hydrogen) atoms. The second-order valence-electron chi connectivity index (χ2n) is 6.66. The molecule has 1 N–H and O–H groups in total. The highest BCUT2D eigenvalue weighted by Crippen LogP contribution is 2.32. The van der Waals surface area contributed by atoms with Gasteiger partial charge in [0.25, 0.3) is 0 Å². The summed E-state index contributed by atoms with van der Waals surface area (Å²) >= 11 is 0. The largest absolute Gasteiger partial charge is 0.359 e. The van der Waals surface area contributed by atoms with E-state index in [1.807, 2.05) is 40.8 Å². The first-order chi connectivity index (χ1) is 12.7. The maximum atomic E-state index is 12.7. The van der Waals surface area contributed by atoms with Gasteiger partial charge in [-0.25, -0.2) is 4.79 Å². The number of carbonyl (C=O) groups excluding carboxylic acids is 1. The van der Waals surface area contributed by atoms with E-state index in [0.717, 1.165) is 54.0 Å². The van der Waals surface area contributed by atoms with Gasteiger partial charge in [0.1, 0.15) is 0 Å². The average Bonchev–Trinajstić information content (AvgIpc) is 3.37. The number of carbonyl (C=O) groups is 1. The molecular formula is C19H23N5O2. The van der Waals surface area contributed by atoms with Crippen molar-refractivity contribution in [3.8, 4) is 0 Å². The van der Waals surface area contributed by atoms with Crippen LogP contribution in [-0.4, -0.2) is 32.4 Å². The molecule has 2 amide bonds. The molecule has 0 radical (unpaired) electrons. The lowest BCUT2D eigenvalue weighted by Crippen LogP contribution is -2.39. The second kappa shape index (κ2) is 6.82. The molecule has 0 aliphatic carbocycles. The maximum absolute atomic E-state index is 12.7. The van der Waals surface area contributed by atoms with Crippen molar-refractivity contribution in [1.29, 1.82) is 0 Å². The van der Waals surface area contributed by atoms with Crippen LogP contribution < -0.4 is 5.32 Å². The molecule has 2 aromatic heterocycles. The van der Waals surface area contributed by atoms with E-state index < -0.39 is 0 Å². The van der Waals surface area contributed by atoms with Gasteiger partial charge in [0, 0.05) is 24.5 Å². The smallest absolute Gasteiger partial charge is 0.318 e. The lowest BCUT2D eigenvalue weighted by Gasteiger charge is -2.22. The summed E-state index contributed by atoms with van der Waals surface area (Å²) in [5, 5.41) is 12.7. The normalized spacial score (nSPS) is 17.2. The van der Waals surface area contributed by atoms with Crippen molar-refractivity contribution >= 4 is 16.9 Å². The highest BCUT2D eigenvalue weighted by Gasteiger charge is 2.32. The van der Waals surface area contributed by atoms with Gasteiger partial charge in [-0.05, 0) is 32.8 Å².